The molecule has 2 aromatic rings. The summed E-state index contributed by atoms with van der Waals surface area (Å²) in [6, 6.07) is 12.0. The van der Waals surface area contributed by atoms with Gasteiger partial charge in [0.15, 0.2) is 0 Å². The minimum absolute atomic E-state index is 0.0322. The van der Waals surface area contributed by atoms with Crippen LogP contribution in [0.3, 0.4) is 0 Å². The first-order chi connectivity index (χ1) is 26.2. The van der Waals surface area contributed by atoms with Gasteiger partial charge in [0.1, 0.15) is 30.8 Å². The minimum Gasteiger partial charge on any atom is -0.461 e. The molecule has 6 amide bonds. The molecule has 17 heteroatoms. The summed E-state index contributed by atoms with van der Waals surface area (Å²) >= 11 is 1.48. The predicted octanol–water partition coefficient (Wildman–Crippen LogP) is -0.231. The second kappa shape index (κ2) is 25.1. The van der Waals surface area contributed by atoms with Gasteiger partial charge in [-0.1, -0.05) is 74.5 Å². The summed E-state index contributed by atoms with van der Waals surface area (Å²) < 4.78 is 5.37. The molecule has 2 rings (SSSR count). The van der Waals surface area contributed by atoms with Gasteiger partial charge in [0.25, 0.3) is 0 Å². The highest BCUT2D eigenvalue weighted by Gasteiger charge is 2.31. The fourth-order valence-electron chi connectivity index (χ4n) is 5.28. The van der Waals surface area contributed by atoms with Crippen LogP contribution in [0, 0.1) is 5.92 Å². The number of ether oxygens (including phenoxy) is 1. The number of esters is 1. The van der Waals surface area contributed by atoms with Crippen LogP contribution in [0.1, 0.15) is 57.1 Å². The number of benzene rings is 2. The van der Waals surface area contributed by atoms with E-state index in [-0.39, 0.29) is 31.8 Å². The number of hydrogen-bond acceptors (Lipinski definition) is 11. The van der Waals surface area contributed by atoms with E-state index in [4.69, 9.17) is 21.9 Å². The molecule has 0 heterocycles. The summed E-state index contributed by atoms with van der Waals surface area (Å²) in [7, 11) is 0. The normalized spacial score (nSPS) is 13.6. The molecule has 0 saturated carbocycles. The second-order valence-electron chi connectivity index (χ2n) is 13.4. The fraction of sp³-hybridized carbons (Fsp3) is 0.500. The molecule has 0 aromatic heterocycles. The van der Waals surface area contributed by atoms with E-state index in [1.54, 1.807) is 60.7 Å². The third-order valence-corrected chi connectivity index (χ3v) is 8.91. The highest BCUT2D eigenvalue weighted by molar-refractivity contribution is 7.98. The topological polar surface area (TPSA) is 267 Å². The molecule has 5 atom stereocenters. The summed E-state index contributed by atoms with van der Waals surface area (Å²) in [5, 5.41) is 12.8. The van der Waals surface area contributed by atoms with E-state index < -0.39 is 84.6 Å². The molecule has 0 unspecified atom stereocenters. The molecular weight excluding hydrogens is 729 g/mol. The van der Waals surface area contributed by atoms with Crippen molar-refractivity contribution in [2.45, 2.75) is 89.2 Å². The number of hydrogen-bond donors (Lipinski definition) is 8. The Kier molecular flexibility index (Phi) is 21.1. The molecule has 0 saturated heterocycles. The molecule has 302 valence electrons. The van der Waals surface area contributed by atoms with Gasteiger partial charge in [-0.25, -0.2) is 0 Å². The van der Waals surface area contributed by atoms with E-state index in [0.29, 0.717) is 36.3 Å². The first kappa shape index (κ1) is 46.2. The number of primary amides is 1. The lowest BCUT2D eigenvalue weighted by molar-refractivity contribution is -0.147. The van der Waals surface area contributed by atoms with Crippen molar-refractivity contribution in [1.82, 2.24) is 26.6 Å². The van der Waals surface area contributed by atoms with E-state index >= 15 is 0 Å². The zero-order chi connectivity index (χ0) is 40.8. The van der Waals surface area contributed by atoms with E-state index in [9.17, 15) is 33.6 Å². The maximum atomic E-state index is 13.8. The van der Waals surface area contributed by atoms with E-state index in [1.807, 2.05) is 20.1 Å². The van der Waals surface area contributed by atoms with Crippen molar-refractivity contribution in [3.05, 3.63) is 71.8 Å². The van der Waals surface area contributed by atoms with Gasteiger partial charge < -0.3 is 48.5 Å². The Hall–Kier alpha value is -5.00. The van der Waals surface area contributed by atoms with Crippen LogP contribution in [0.4, 0.5) is 0 Å². The van der Waals surface area contributed by atoms with Crippen LogP contribution < -0.4 is 43.8 Å². The van der Waals surface area contributed by atoms with Gasteiger partial charge in [0.05, 0.1) is 19.0 Å². The van der Waals surface area contributed by atoms with Crippen LogP contribution in [-0.2, 0) is 51.3 Å². The van der Waals surface area contributed by atoms with Crippen LogP contribution in [0.2, 0.25) is 0 Å². The first-order valence-corrected chi connectivity index (χ1v) is 19.6. The molecule has 55 heavy (non-hydrogen) atoms. The lowest BCUT2D eigenvalue weighted by atomic mass is 10.0. The summed E-state index contributed by atoms with van der Waals surface area (Å²) in [5.41, 5.74) is 18.5. The Morgan fingerprint density at radius 3 is 1.89 bits per heavy atom. The van der Waals surface area contributed by atoms with Gasteiger partial charge in [-0.2, -0.15) is 11.8 Å². The summed E-state index contributed by atoms with van der Waals surface area (Å²) in [6.45, 7) is 3.30. The molecule has 16 nitrogen and oxygen atoms in total. The molecule has 11 N–H and O–H groups in total. The molecule has 0 spiro atoms. The highest BCUT2D eigenvalue weighted by atomic mass is 32.2. The molecular formula is C38H56N8O8S. The monoisotopic (exact) mass is 784 g/mol. The maximum Gasteiger partial charge on any atom is 0.308 e. The van der Waals surface area contributed by atoms with Gasteiger partial charge in [-0.05, 0) is 61.3 Å². The van der Waals surface area contributed by atoms with Crippen LogP contribution in [-0.4, -0.2) is 96.7 Å². The number of thioether (sulfide) groups is 1. The second-order valence-corrected chi connectivity index (χ2v) is 14.4. The molecule has 0 radical (unpaired) electrons. The van der Waals surface area contributed by atoms with Gasteiger partial charge in [-0.3, -0.25) is 33.6 Å². The van der Waals surface area contributed by atoms with Crippen molar-refractivity contribution in [3.8, 4) is 0 Å². The van der Waals surface area contributed by atoms with Crippen LogP contribution in [0.25, 0.3) is 0 Å². The van der Waals surface area contributed by atoms with Crippen LogP contribution in [0.5, 0.6) is 0 Å². The van der Waals surface area contributed by atoms with Crippen molar-refractivity contribution < 1.29 is 38.3 Å². The number of nitrogens with two attached hydrogens (primary N) is 3. The predicted molar refractivity (Wildman–Crippen MR) is 210 cm³/mol. The number of amides is 6. The van der Waals surface area contributed by atoms with Crippen LogP contribution >= 0.6 is 11.8 Å². The molecule has 2 aromatic carbocycles. The molecule has 0 aliphatic rings. The third-order valence-electron chi connectivity index (χ3n) is 8.27. The van der Waals surface area contributed by atoms with Crippen molar-refractivity contribution >= 4 is 53.2 Å². The lowest BCUT2D eigenvalue weighted by Crippen LogP contribution is -2.58. The van der Waals surface area contributed by atoms with E-state index in [2.05, 4.69) is 26.6 Å². The SMILES string of the molecule is CSCC[C@H](NC(=O)[C@H](CC(C)C)NC(=O)CNC(=O)[C@H](CC(=O)OCc1ccccc1)NC(=O)[C@H](Cc1ccccc1)NC(=O)[C@@H](N)CCCN)C(N)=O. The third kappa shape index (κ3) is 18.3. The molecule has 0 fully saturated rings. The standard InChI is InChI=1S/C38H56N8O8S/c1-24(2)19-29(37(52)44-28(34(41)49)16-18-55-3)43-32(47)22-42-36(51)31(21-33(48)54-23-26-13-8-5-9-14-26)46-38(53)30(20-25-11-6-4-7-12-25)45-35(50)27(40)15-10-17-39/h4-9,11-14,24,27-31H,10,15-23,39-40H2,1-3H3,(H2,41,49)(H,42,51)(H,43,47)(H,44,52)(H,45,50)(H,46,53)/t27-,28-,29-,30-,31-/m0/s1. The fourth-order valence-corrected chi connectivity index (χ4v) is 5.76. The lowest BCUT2D eigenvalue weighted by Gasteiger charge is -2.25. The van der Waals surface area contributed by atoms with Crippen molar-refractivity contribution in [2.24, 2.45) is 23.1 Å². The van der Waals surface area contributed by atoms with Gasteiger partial charge in [0, 0.05) is 6.42 Å². The summed E-state index contributed by atoms with van der Waals surface area (Å²) in [6.07, 6.45) is 2.56. The largest absolute Gasteiger partial charge is 0.461 e. The Labute approximate surface area is 326 Å². The maximum absolute atomic E-state index is 13.8. The van der Waals surface area contributed by atoms with Gasteiger partial charge in [0.2, 0.25) is 35.4 Å². The van der Waals surface area contributed by atoms with Gasteiger partial charge >= 0.3 is 5.97 Å². The Bertz CT molecular complexity index is 1550. The zero-order valence-electron chi connectivity index (χ0n) is 31.7. The number of carbonyl (C=O) groups is 7. The minimum atomic E-state index is -1.54. The Morgan fingerprint density at radius 1 is 0.727 bits per heavy atom. The van der Waals surface area contributed by atoms with Crippen LogP contribution in [0.15, 0.2) is 60.7 Å². The van der Waals surface area contributed by atoms with Crippen molar-refractivity contribution in [1.29, 1.82) is 0 Å². The number of nitrogens with one attached hydrogen (secondary N) is 5. The Balaban J connectivity index is 2.24. The number of carbonyl (C=O) groups excluding carboxylic acids is 7. The molecule has 0 bridgehead atoms. The Morgan fingerprint density at radius 2 is 1.31 bits per heavy atom. The van der Waals surface area contributed by atoms with Crippen molar-refractivity contribution in [3.63, 3.8) is 0 Å². The number of rotatable bonds is 25. The van der Waals surface area contributed by atoms with E-state index in [0.717, 1.165) is 0 Å². The molecule has 0 aliphatic carbocycles. The zero-order valence-corrected chi connectivity index (χ0v) is 32.5. The van der Waals surface area contributed by atoms with Gasteiger partial charge in [-0.15, -0.1) is 0 Å². The highest BCUT2D eigenvalue weighted by Crippen LogP contribution is 2.09. The first-order valence-electron chi connectivity index (χ1n) is 18.2. The summed E-state index contributed by atoms with van der Waals surface area (Å²) in [5.74, 6) is -4.64. The summed E-state index contributed by atoms with van der Waals surface area (Å²) in [4.78, 5) is 91.5. The van der Waals surface area contributed by atoms with Crippen molar-refractivity contribution in [2.75, 3.05) is 25.1 Å². The van der Waals surface area contributed by atoms with E-state index in [1.165, 1.54) is 11.8 Å². The smallest absolute Gasteiger partial charge is 0.308 e. The molecule has 0 aliphatic heterocycles. The quantitative estimate of drug-likeness (QED) is 0.0610. The average Bonchev–Trinajstić information content (AvgIpc) is 3.16. The average molecular weight is 785 g/mol.